The molecule has 0 aliphatic carbocycles. The second-order valence-electron chi connectivity index (χ2n) is 5.85. The predicted molar refractivity (Wildman–Crippen MR) is 65.1 cm³/mol. The Hall–Kier alpha value is -1.10. The first-order valence-corrected chi connectivity index (χ1v) is 6.05. The zero-order valence-electron chi connectivity index (χ0n) is 11.2. The van der Waals surface area contributed by atoms with Gasteiger partial charge in [0.25, 0.3) is 0 Å². The largest absolute Gasteiger partial charge is 0.416 e. The average molecular weight is 278 g/mol. The molecule has 1 atom stereocenters. The number of aliphatic hydroxyl groups excluding tert-OH is 1. The zero-order valence-corrected chi connectivity index (χ0v) is 11.2. The van der Waals surface area contributed by atoms with E-state index in [2.05, 4.69) is 0 Å². The lowest BCUT2D eigenvalue weighted by Gasteiger charge is -2.21. The fraction of sp³-hybridized carbons (Fsp3) is 0.571. The summed E-state index contributed by atoms with van der Waals surface area (Å²) in [6, 6.07) is 2.11. The van der Waals surface area contributed by atoms with Crippen molar-refractivity contribution in [2.45, 2.75) is 45.9 Å². The minimum atomic E-state index is -4.54. The van der Waals surface area contributed by atoms with E-state index >= 15 is 0 Å². The Morgan fingerprint density at radius 3 is 2.21 bits per heavy atom. The molecule has 1 nitrogen and oxygen atoms in total. The first-order valence-electron chi connectivity index (χ1n) is 6.05. The third-order valence-electron chi connectivity index (χ3n) is 2.85. The fourth-order valence-corrected chi connectivity index (χ4v) is 1.70. The number of halogens is 4. The Kier molecular flexibility index (Phi) is 4.61. The van der Waals surface area contributed by atoms with Crippen LogP contribution in [-0.2, 0) is 6.18 Å². The van der Waals surface area contributed by atoms with Gasteiger partial charge >= 0.3 is 6.18 Å². The van der Waals surface area contributed by atoms with Gasteiger partial charge in [-0.2, -0.15) is 13.2 Å². The van der Waals surface area contributed by atoms with E-state index in [0.29, 0.717) is 18.6 Å². The predicted octanol–water partition coefficient (Wildman–Crippen LogP) is 4.70. The summed E-state index contributed by atoms with van der Waals surface area (Å²) in [6.45, 7) is 5.84. The maximum Gasteiger partial charge on any atom is 0.416 e. The molecule has 0 heterocycles. The maximum atomic E-state index is 13.5. The summed E-state index contributed by atoms with van der Waals surface area (Å²) in [4.78, 5) is 0. The third kappa shape index (κ3) is 4.82. The molecule has 0 aliphatic rings. The Morgan fingerprint density at radius 1 is 1.16 bits per heavy atom. The van der Waals surface area contributed by atoms with Crippen molar-refractivity contribution >= 4 is 0 Å². The molecule has 0 spiro atoms. The maximum absolute atomic E-state index is 13.5. The van der Waals surface area contributed by atoms with Crippen LogP contribution in [0.5, 0.6) is 0 Å². The summed E-state index contributed by atoms with van der Waals surface area (Å²) in [5, 5.41) is 9.85. The molecule has 0 amide bonds. The van der Waals surface area contributed by atoms with Crippen molar-refractivity contribution in [3.63, 3.8) is 0 Å². The highest BCUT2D eigenvalue weighted by atomic mass is 19.4. The van der Waals surface area contributed by atoms with Crippen LogP contribution in [0.15, 0.2) is 18.2 Å². The van der Waals surface area contributed by atoms with Crippen molar-refractivity contribution in [3.05, 3.63) is 35.1 Å². The summed E-state index contributed by atoms with van der Waals surface area (Å²) in [5.74, 6) is -0.811. The van der Waals surface area contributed by atoms with E-state index in [1.165, 1.54) is 0 Å². The minimum Gasteiger partial charge on any atom is -0.388 e. The lowest BCUT2D eigenvalue weighted by atomic mass is 9.88. The number of aliphatic hydroxyl groups is 1. The molecule has 0 saturated heterocycles. The van der Waals surface area contributed by atoms with Gasteiger partial charge in [0.2, 0.25) is 0 Å². The van der Waals surface area contributed by atoms with Crippen LogP contribution in [0.25, 0.3) is 0 Å². The van der Waals surface area contributed by atoms with Gasteiger partial charge < -0.3 is 5.11 Å². The van der Waals surface area contributed by atoms with Gasteiger partial charge in [-0.3, -0.25) is 0 Å². The van der Waals surface area contributed by atoms with Gasteiger partial charge in [-0.05, 0) is 36.5 Å². The highest BCUT2D eigenvalue weighted by molar-refractivity contribution is 5.28. The molecule has 0 radical (unpaired) electrons. The molecular weight excluding hydrogens is 260 g/mol. The van der Waals surface area contributed by atoms with Crippen molar-refractivity contribution in [3.8, 4) is 0 Å². The van der Waals surface area contributed by atoms with Gasteiger partial charge in [0.1, 0.15) is 5.82 Å². The van der Waals surface area contributed by atoms with Gasteiger partial charge in [0.05, 0.1) is 11.7 Å². The monoisotopic (exact) mass is 278 g/mol. The van der Waals surface area contributed by atoms with Crippen molar-refractivity contribution in [2.75, 3.05) is 0 Å². The third-order valence-corrected chi connectivity index (χ3v) is 2.85. The topological polar surface area (TPSA) is 20.2 Å². The summed E-state index contributed by atoms with van der Waals surface area (Å²) in [6.07, 6.45) is -4.95. The van der Waals surface area contributed by atoms with Gasteiger partial charge in [0.15, 0.2) is 0 Å². The quantitative estimate of drug-likeness (QED) is 0.794. The molecular formula is C14H18F4O. The Labute approximate surface area is 110 Å². The summed E-state index contributed by atoms with van der Waals surface area (Å²) in [7, 11) is 0. The van der Waals surface area contributed by atoms with Crippen molar-refractivity contribution in [1.82, 2.24) is 0 Å². The Morgan fingerprint density at radius 2 is 1.74 bits per heavy atom. The molecule has 1 unspecified atom stereocenters. The lowest BCUT2D eigenvalue weighted by Crippen LogP contribution is -2.11. The SMILES string of the molecule is CC(C)(C)CCC(O)c1cc(C(F)(F)F)ccc1F. The van der Waals surface area contributed by atoms with Crippen molar-refractivity contribution in [2.24, 2.45) is 5.41 Å². The van der Waals surface area contributed by atoms with Crippen LogP contribution in [-0.4, -0.2) is 5.11 Å². The van der Waals surface area contributed by atoms with E-state index in [-0.39, 0.29) is 17.4 Å². The summed E-state index contributed by atoms with van der Waals surface area (Å²) >= 11 is 0. The molecule has 5 heteroatoms. The van der Waals surface area contributed by atoms with E-state index < -0.39 is 23.7 Å². The van der Waals surface area contributed by atoms with Crippen LogP contribution in [0.2, 0.25) is 0 Å². The minimum absolute atomic E-state index is 0.0703. The van der Waals surface area contributed by atoms with Crippen LogP contribution < -0.4 is 0 Å². The average Bonchev–Trinajstić information content (AvgIpc) is 2.24. The van der Waals surface area contributed by atoms with E-state index in [4.69, 9.17) is 0 Å². The lowest BCUT2D eigenvalue weighted by molar-refractivity contribution is -0.137. The van der Waals surface area contributed by atoms with E-state index in [1.54, 1.807) is 0 Å². The molecule has 1 aromatic carbocycles. The molecule has 0 saturated carbocycles. The number of hydrogen-bond donors (Lipinski definition) is 1. The van der Waals surface area contributed by atoms with Crippen molar-refractivity contribution < 1.29 is 22.7 Å². The second kappa shape index (κ2) is 5.49. The second-order valence-corrected chi connectivity index (χ2v) is 5.85. The van der Waals surface area contributed by atoms with Gasteiger partial charge in [-0.15, -0.1) is 0 Å². The highest BCUT2D eigenvalue weighted by Crippen LogP contribution is 2.34. The smallest absolute Gasteiger partial charge is 0.388 e. The summed E-state index contributed by atoms with van der Waals surface area (Å²) in [5.41, 5.74) is -1.31. The number of rotatable bonds is 3. The molecule has 108 valence electrons. The first-order chi connectivity index (χ1) is 8.50. The molecule has 0 fully saturated rings. The zero-order chi connectivity index (χ0) is 14.8. The number of benzene rings is 1. The van der Waals surface area contributed by atoms with Crippen molar-refractivity contribution in [1.29, 1.82) is 0 Å². The van der Waals surface area contributed by atoms with E-state index in [1.807, 2.05) is 20.8 Å². The van der Waals surface area contributed by atoms with E-state index in [0.717, 1.165) is 6.07 Å². The van der Waals surface area contributed by atoms with Crippen LogP contribution >= 0.6 is 0 Å². The van der Waals surface area contributed by atoms with Crippen LogP contribution in [0, 0.1) is 11.2 Å². The van der Waals surface area contributed by atoms with Gasteiger partial charge in [0, 0.05) is 5.56 Å². The fourth-order valence-electron chi connectivity index (χ4n) is 1.70. The molecule has 0 aliphatic heterocycles. The molecule has 1 rings (SSSR count). The standard InChI is InChI=1S/C14H18F4O/c1-13(2,3)7-6-12(19)10-8-9(14(16,17)18)4-5-11(10)15/h4-5,8,12,19H,6-7H2,1-3H3. The van der Waals surface area contributed by atoms with E-state index in [9.17, 15) is 22.7 Å². The normalized spacial score (nSPS) is 14.5. The summed E-state index contributed by atoms with van der Waals surface area (Å²) < 4.78 is 51.1. The molecule has 1 aromatic rings. The van der Waals surface area contributed by atoms with Gasteiger partial charge in [-0.25, -0.2) is 4.39 Å². The number of alkyl halides is 3. The van der Waals surface area contributed by atoms with Crippen LogP contribution in [0.3, 0.4) is 0 Å². The molecule has 0 bridgehead atoms. The highest BCUT2D eigenvalue weighted by Gasteiger charge is 2.32. The van der Waals surface area contributed by atoms with Gasteiger partial charge in [-0.1, -0.05) is 20.8 Å². The molecule has 19 heavy (non-hydrogen) atoms. The van der Waals surface area contributed by atoms with Crippen LogP contribution in [0.1, 0.15) is 50.8 Å². The number of hydrogen-bond acceptors (Lipinski definition) is 1. The Balaban J connectivity index is 2.93. The Bertz CT molecular complexity index is 432. The molecule has 0 aromatic heterocycles. The van der Waals surface area contributed by atoms with Crippen LogP contribution in [0.4, 0.5) is 17.6 Å². The first kappa shape index (κ1) is 16.0. The molecule has 1 N–H and O–H groups in total.